The topological polar surface area (TPSA) is 0 Å². The van der Waals surface area contributed by atoms with Crippen LogP contribution >= 0.6 is 0 Å². The van der Waals surface area contributed by atoms with Crippen LogP contribution in [0.5, 0.6) is 0 Å². The van der Waals surface area contributed by atoms with Crippen molar-refractivity contribution >= 4 is 0 Å². The molecule has 0 radical (unpaired) electrons. The Bertz CT molecular complexity index is 159. The molecule has 0 aromatic carbocycles. The van der Waals surface area contributed by atoms with Crippen LogP contribution in [0, 0.1) is 0 Å². The average Bonchev–Trinajstić information content (AvgIpc) is 2.41. The highest BCUT2D eigenvalue weighted by Gasteiger charge is 1.86. The van der Waals surface area contributed by atoms with E-state index in [1.165, 1.54) is 50.5 Å². The molecule has 1 aliphatic carbocycles. The lowest BCUT2D eigenvalue weighted by atomic mass is 10.1. The summed E-state index contributed by atoms with van der Waals surface area (Å²) in [6, 6.07) is 0. The van der Waals surface area contributed by atoms with Crippen LogP contribution in [0.1, 0.15) is 93.4 Å². The van der Waals surface area contributed by atoms with E-state index in [2.05, 4.69) is 52.8 Å². The standard InChI is InChI=1S/C7H10.C6H14.C3H8.C2H6/c1-7-5-3-2-4-6-7;1-3-5-6-4-2;1-3-2;1-2/h3,5-6H,2,4H2,1H3;3-6H2,1-2H3;3H2,1-2H3;1-2H3. The van der Waals surface area contributed by atoms with Crippen LogP contribution in [0.15, 0.2) is 23.8 Å². The van der Waals surface area contributed by atoms with Crippen molar-refractivity contribution < 1.29 is 0 Å². The summed E-state index contributed by atoms with van der Waals surface area (Å²) < 4.78 is 0. The zero-order valence-electron chi connectivity index (χ0n) is 14.2. The predicted molar refractivity (Wildman–Crippen MR) is 89.3 cm³/mol. The molecule has 0 atom stereocenters. The fourth-order valence-corrected chi connectivity index (χ4v) is 1.24. The Kier molecular flexibility index (Phi) is 31.9. The highest BCUT2D eigenvalue weighted by Crippen LogP contribution is 2.06. The van der Waals surface area contributed by atoms with Gasteiger partial charge in [-0.05, 0) is 19.8 Å². The molecule has 1 aliphatic rings. The maximum Gasteiger partial charge on any atom is -0.0310 e. The second-order valence-electron chi connectivity index (χ2n) is 4.34. The number of hydrogen-bond donors (Lipinski definition) is 0. The minimum absolute atomic E-state index is 1.23. The van der Waals surface area contributed by atoms with Gasteiger partial charge in [-0.15, -0.1) is 0 Å². The van der Waals surface area contributed by atoms with E-state index in [4.69, 9.17) is 0 Å². The van der Waals surface area contributed by atoms with Crippen molar-refractivity contribution in [2.24, 2.45) is 0 Å². The maximum atomic E-state index is 2.26. The molecule has 0 nitrogen and oxygen atoms in total. The van der Waals surface area contributed by atoms with Gasteiger partial charge in [0.25, 0.3) is 0 Å². The van der Waals surface area contributed by atoms with E-state index >= 15 is 0 Å². The fraction of sp³-hybridized carbons (Fsp3) is 0.778. The van der Waals surface area contributed by atoms with Crippen molar-refractivity contribution in [3.8, 4) is 0 Å². The van der Waals surface area contributed by atoms with Gasteiger partial charge in [-0.1, -0.05) is 97.4 Å². The van der Waals surface area contributed by atoms with E-state index in [9.17, 15) is 0 Å². The summed E-state index contributed by atoms with van der Waals surface area (Å²) in [7, 11) is 0. The second kappa shape index (κ2) is 25.4. The van der Waals surface area contributed by atoms with E-state index in [-0.39, 0.29) is 0 Å². The molecule has 110 valence electrons. The molecule has 0 aromatic rings. The first-order valence-corrected chi connectivity index (χ1v) is 8.06. The van der Waals surface area contributed by atoms with E-state index in [1.54, 1.807) is 0 Å². The van der Waals surface area contributed by atoms with Crippen LogP contribution in [0.2, 0.25) is 0 Å². The molecule has 0 saturated carbocycles. The van der Waals surface area contributed by atoms with Gasteiger partial charge in [-0.25, -0.2) is 0 Å². The first-order chi connectivity index (χ1) is 8.72. The Morgan fingerprint density at radius 2 is 1.33 bits per heavy atom. The van der Waals surface area contributed by atoms with Crippen molar-refractivity contribution in [1.82, 2.24) is 0 Å². The largest absolute Gasteiger partial charge is 0.0840 e. The quantitative estimate of drug-likeness (QED) is 0.463. The highest BCUT2D eigenvalue weighted by molar-refractivity contribution is 5.18. The van der Waals surface area contributed by atoms with E-state index in [0.717, 1.165) is 0 Å². The van der Waals surface area contributed by atoms with Crippen LogP contribution in [0.25, 0.3) is 0 Å². The molecule has 0 amide bonds. The van der Waals surface area contributed by atoms with E-state index in [1.807, 2.05) is 13.8 Å². The Morgan fingerprint density at radius 3 is 1.50 bits per heavy atom. The van der Waals surface area contributed by atoms with Crippen LogP contribution in [0.4, 0.5) is 0 Å². The monoisotopic (exact) mass is 254 g/mol. The molecule has 0 N–H and O–H groups in total. The minimum atomic E-state index is 1.23. The fourth-order valence-electron chi connectivity index (χ4n) is 1.24. The summed E-state index contributed by atoms with van der Waals surface area (Å²) in [4.78, 5) is 0. The van der Waals surface area contributed by atoms with Gasteiger partial charge < -0.3 is 0 Å². The molecule has 1 rings (SSSR count). The van der Waals surface area contributed by atoms with Gasteiger partial charge in [0.2, 0.25) is 0 Å². The number of hydrogen-bond acceptors (Lipinski definition) is 0. The molecule has 0 bridgehead atoms. The Labute approximate surface area is 118 Å². The second-order valence-corrected chi connectivity index (χ2v) is 4.34. The summed E-state index contributed by atoms with van der Waals surface area (Å²) in [6.45, 7) is 14.8. The van der Waals surface area contributed by atoms with Gasteiger partial charge in [0.05, 0.1) is 0 Å². The summed E-state index contributed by atoms with van der Waals surface area (Å²) in [5.41, 5.74) is 1.41. The summed E-state index contributed by atoms with van der Waals surface area (Å²) in [6.07, 6.45) is 15.9. The van der Waals surface area contributed by atoms with Crippen molar-refractivity contribution in [2.45, 2.75) is 93.4 Å². The number of rotatable bonds is 3. The van der Waals surface area contributed by atoms with Crippen molar-refractivity contribution in [3.05, 3.63) is 23.8 Å². The normalized spacial score (nSPS) is 11.8. The highest BCUT2D eigenvalue weighted by atomic mass is 13.9. The van der Waals surface area contributed by atoms with Gasteiger partial charge in [0, 0.05) is 0 Å². The van der Waals surface area contributed by atoms with Crippen LogP contribution in [0.3, 0.4) is 0 Å². The van der Waals surface area contributed by atoms with E-state index < -0.39 is 0 Å². The Morgan fingerprint density at radius 1 is 0.889 bits per heavy atom. The summed E-state index contributed by atoms with van der Waals surface area (Å²) in [5, 5.41) is 0. The molecule has 0 unspecified atom stereocenters. The van der Waals surface area contributed by atoms with Crippen LogP contribution < -0.4 is 0 Å². The average molecular weight is 255 g/mol. The summed E-state index contributed by atoms with van der Waals surface area (Å²) in [5.74, 6) is 0. The van der Waals surface area contributed by atoms with Gasteiger partial charge >= 0.3 is 0 Å². The molecular formula is C18H38. The molecule has 0 heteroatoms. The molecular weight excluding hydrogens is 216 g/mol. The van der Waals surface area contributed by atoms with Gasteiger partial charge in [0.1, 0.15) is 0 Å². The van der Waals surface area contributed by atoms with Gasteiger partial charge in [-0.2, -0.15) is 0 Å². The number of unbranched alkanes of at least 4 members (excludes halogenated alkanes) is 3. The van der Waals surface area contributed by atoms with Gasteiger partial charge in [0.15, 0.2) is 0 Å². The third kappa shape index (κ3) is 29.6. The number of allylic oxidation sites excluding steroid dienone is 4. The Hall–Kier alpha value is -0.520. The van der Waals surface area contributed by atoms with Crippen LogP contribution in [-0.2, 0) is 0 Å². The molecule has 0 fully saturated rings. The maximum absolute atomic E-state index is 2.26. The lowest BCUT2D eigenvalue weighted by Gasteiger charge is -1.96. The lowest BCUT2D eigenvalue weighted by Crippen LogP contribution is -1.76. The SMILES string of the molecule is CC.CC1=CCCC=C1.CCC.CCCCCC. The predicted octanol–water partition coefficient (Wildman–Crippen LogP) is 7.31. The van der Waals surface area contributed by atoms with Crippen molar-refractivity contribution in [3.63, 3.8) is 0 Å². The molecule has 0 heterocycles. The molecule has 0 spiro atoms. The molecule has 0 aromatic heterocycles. The Balaban J connectivity index is -0.000000187. The first kappa shape index (κ1) is 22.6. The zero-order chi connectivity index (χ0) is 14.6. The van der Waals surface area contributed by atoms with E-state index in [0.29, 0.717) is 0 Å². The summed E-state index contributed by atoms with van der Waals surface area (Å²) >= 11 is 0. The van der Waals surface area contributed by atoms with Crippen molar-refractivity contribution in [2.75, 3.05) is 0 Å². The minimum Gasteiger partial charge on any atom is -0.0840 e. The third-order valence-corrected chi connectivity index (χ3v) is 2.14. The molecule has 18 heavy (non-hydrogen) atoms. The lowest BCUT2D eigenvalue weighted by molar-refractivity contribution is 0.702. The smallest absolute Gasteiger partial charge is 0.0310 e. The third-order valence-electron chi connectivity index (χ3n) is 2.14. The van der Waals surface area contributed by atoms with Crippen LogP contribution in [-0.4, -0.2) is 0 Å². The molecule has 0 aliphatic heterocycles. The molecule has 0 saturated heterocycles. The zero-order valence-corrected chi connectivity index (χ0v) is 14.2. The van der Waals surface area contributed by atoms with Crippen molar-refractivity contribution in [1.29, 1.82) is 0 Å². The first-order valence-electron chi connectivity index (χ1n) is 8.06. The van der Waals surface area contributed by atoms with Gasteiger partial charge in [-0.3, -0.25) is 0 Å².